The summed E-state index contributed by atoms with van der Waals surface area (Å²) in [6, 6.07) is 10.9. The van der Waals surface area contributed by atoms with Crippen molar-refractivity contribution in [2.24, 2.45) is 0 Å². The Kier molecular flexibility index (Phi) is 10.9. The van der Waals surface area contributed by atoms with Crippen molar-refractivity contribution in [2.75, 3.05) is 7.11 Å². The zero-order chi connectivity index (χ0) is 29.3. The van der Waals surface area contributed by atoms with Crippen LogP contribution < -0.4 is 10.3 Å². The Hall–Kier alpha value is -3.19. The molecule has 3 aromatic rings. The summed E-state index contributed by atoms with van der Waals surface area (Å²) < 4.78 is 21.9. The number of aliphatic carboxylic acids is 1. The number of rotatable bonds is 15. The van der Waals surface area contributed by atoms with E-state index < -0.39 is 28.3 Å². The van der Waals surface area contributed by atoms with E-state index in [1.54, 1.807) is 6.20 Å². The lowest BCUT2D eigenvalue weighted by molar-refractivity contribution is -0.154. The van der Waals surface area contributed by atoms with Gasteiger partial charge in [-0.25, -0.2) is 9.18 Å². The number of carbonyl (C=O) groups is 1. The molecule has 0 fully saturated rings. The third-order valence-electron chi connectivity index (χ3n) is 7.97. The summed E-state index contributed by atoms with van der Waals surface area (Å²) in [5.74, 6) is -1.47. The highest BCUT2D eigenvalue weighted by Gasteiger charge is 2.59. The second-order valence-electron chi connectivity index (χ2n) is 10.4. The van der Waals surface area contributed by atoms with Crippen molar-refractivity contribution in [2.45, 2.75) is 89.5 Å². The average molecular weight is 571 g/mol. The molecule has 1 unspecified atom stereocenters. The number of carboxylic acid groups (broad SMARTS) is 1. The lowest BCUT2D eigenvalue weighted by Crippen LogP contribution is -2.61. The van der Waals surface area contributed by atoms with Crippen LogP contribution in [-0.4, -0.2) is 27.7 Å². The number of benzene rings is 1. The Bertz CT molecular complexity index is 1340. The molecule has 1 atom stereocenters. The molecule has 40 heavy (non-hydrogen) atoms. The largest absolute Gasteiger partial charge is 0.495 e. The van der Waals surface area contributed by atoms with E-state index in [2.05, 4.69) is 13.8 Å². The van der Waals surface area contributed by atoms with Crippen molar-refractivity contribution in [1.29, 1.82) is 0 Å². The summed E-state index contributed by atoms with van der Waals surface area (Å²) in [6.45, 7) is 6.14. The maximum Gasteiger partial charge on any atom is 0.331 e. The standard InChI is InChI=1S/C32H40ClFN2O4/c1-5-8-16-31(17-9-6-2,28-13-11-12-19-35-28)32(30(38)39,18-10-7-3)36-22-27(40-4)25(21-29(36)37)24-20-23(33)14-15-26(24)34/h11-15,19-22H,5-10,16-18H2,1-4H3,(H,38,39). The molecule has 0 amide bonds. The normalized spacial score (nSPS) is 13.2. The Balaban J connectivity index is 2.47. The summed E-state index contributed by atoms with van der Waals surface area (Å²) in [4.78, 5) is 32.6. The molecule has 2 aromatic heterocycles. The molecule has 0 spiro atoms. The third kappa shape index (κ3) is 5.95. The molecule has 2 heterocycles. The molecule has 8 heteroatoms. The molecule has 0 saturated heterocycles. The molecule has 0 aliphatic carbocycles. The zero-order valence-corrected chi connectivity index (χ0v) is 24.6. The van der Waals surface area contributed by atoms with Crippen molar-refractivity contribution in [3.8, 4) is 16.9 Å². The summed E-state index contributed by atoms with van der Waals surface area (Å²) >= 11 is 6.15. The predicted octanol–water partition coefficient (Wildman–Crippen LogP) is 8.00. The fourth-order valence-electron chi connectivity index (χ4n) is 5.94. The van der Waals surface area contributed by atoms with Crippen molar-refractivity contribution in [1.82, 2.24) is 9.55 Å². The molecule has 6 nitrogen and oxygen atoms in total. The maximum absolute atomic E-state index is 14.9. The minimum atomic E-state index is -1.67. The van der Waals surface area contributed by atoms with Gasteiger partial charge in [-0.2, -0.15) is 0 Å². The van der Waals surface area contributed by atoms with E-state index in [9.17, 15) is 19.1 Å². The van der Waals surface area contributed by atoms with Crippen LogP contribution in [0.1, 0.15) is 84.3 Å². The Morgan fingerprint density at radius 3 is 2.20 bits per heavy atom. The second kappa shape index (κ2) is 13.9. The number of unbranched alkanes of at least 4 members (excludes halogenated alkanes) is 3. The van der Waals surface area contributed by atoms with Crippen LogP contribution in [0.15, 0.2) is 59.7 Å². The predicted molar refractivity (Wildman–Crippen MR) is 158 cm³/mol. The first-order chi connectivity index (χ1) is 19.2. The van der Waals surface area contributed by atoms with Crippen LogP contribution in [0.5, 0.6) is 5.75 Å². The highest BCUT2D eigenvalue weighted by atomic mass is 35.5. The Morgan fingerprint density at radius 2 is 1.65 bits per heavy atom. The average Bonchev–Trinajstić information content (AvgIpc) is 2.96. The third-order valence-corrected chi connectivity index (χ3v) is 8.21. The smallest absolute Gasteiger partial charge is 0.331 e. The second-order valence-corrected chi connectivity index (χ2v) is 10.8. The molecule has 216 valence electrons. The van der Waals surface area contributed by atoms with Gasteiger partial charge in [-0.15, -0.1) is 0 Å². The highest BCUT2D eigenvalue weighted by Crippen LogP contribution is 2.51. The van der Waals surface area contributed by atoms with Crippen LogP contribution in [0.25, 0.3) is 11.1 Å². The van der Waals surface area contributed by atoms with E-state index in [1.165, 1.54) is 42.1 Å². The molecule has 1 aromatic carbocycles. The molecule has 3 rings (SSSR count). The van der Waals surface area contributed by atoms with Crippen molar-refractivity contribution in [3.63, 3.8) is 0 Å². The summed E-state index contributed by atoms with van der Waals surface area (Å²) in [5, 5.41) is 11.6. The number of hydrogen-bond donors (Lipinski definition) is 1. The van der Waals surface area contributed by atoms with Gasteiger partial charge in [0.1, 0.15) is 11.6 Å². The zero-order valence-electron chi connectivity index (χ0n) is 23.9. The highest BCUT2D eigenvalue weighted by molar-refractivity contribution is 6.30. The van der Waals surface area contributed by atoms with Crippen molar-refractivity contribution < 1.29 is 19.0 Å². The minimum absolute atomic E-state index is 0.107. The van der Waals surface area contributed by atoms with Crippen LogP contribution >= 0.6 is 11.6 Å². The van der Waals surface area contributed by atoms with Crippen molar-refractivity contribution in [3.05, 3.63) is 81.7 Å². The topological polar surface area (TPSA) is 81.4 Å². The van der Waals surface area contributed by atoms with Gasteiger partial charge in [-0.3, -0.25) is 14.3 Å². The SMILES string of the molecule is CCCCC(CCCC)(c1ccccn1)C(CCCC)(C(=O)O)n1cc(OC)c(-c2cc(Cl)ccc2F)cc1=O. The number of carboxylic acids is 1. The number of pyridine rings is 2. The van der Waals surface area contributed by atoms with E-state index in [-0.39, 0.29) is 23.3 Å². The minimum Gasteiger partial charge on any atom is -0.495 e. The van der Waals surface area contributed by atoms with Gasteiger partial charge in [0, 0.05) is 39.5 Å². The number of methoxy groups -OCH3 is 1. The quantitative estimate of drug-likeness (QED) is 0.200. The molecule has 0 aliphatic rings. The molecule has 0 radical (unpaired) electrons. The molecular weight excluding hydrogens is 531 g/mol. The van der Waals surface area contributed by atoms with Crippen LogP contribution in [0, 0.1) is 5.82 Å². The van der Waals surface area contributed by atoms with Gasteiger partial charge in [-0.05, 0) is 49.6 Å². The summed E-state index contributed by atoms with van der Waals surface area (Å²) in [5.41, 5.74) is -2.23. The fourth-order valence-corrected chi connectivity index (χ4v) is 6.11. The van der Waals surface area contributed by atoms with Crippen molar-refractivity contribution >= 4 is 17.6 Å². The van der Waals surface area contributed by atoms with Gasteiger partial charge in [0.05, 0.1) is 13.3 Å². The van der Waals surface area contributed by atoms with E-state index in [0.717, 1.165) is 32.1 Å². The van der Waals surface area contributed by atoms with E-state index >= 15 is 0 Å². The fraction of sp³-hybridized carbons (Fsp3) is 0.469. The van der Waals surface area contributed by atoms with E-state index in [0.29, 0.717) is 30.0 Å². The summed E-state index contributed by atoms with van der Waals surface area (Å²) in [7, 11) is 1.42. The monoisotopic (exact) mass is 570 g/mol. The summed E-state index contributed by atoms with van der Waals surface area (Å²) in [6.07, 6.45) is 8.98. The number of ether oxygens (including phenoxy) is 1. The van der Waals surface area contributed by atoms with Crippen LogP contribution in [-0.2, 0) is 15.7 Å². The lowest BCUT2D eigenvalue weighted by atomic mass is 9.59. The number of aromatic nitrogens is 2. The van der Waals surface area contributed by atoms with Gasteiger partial charge in [0.15, 0.2) is 5.54 Å². The van der Waals surface area contributed by atoms with Crippen LogP contribution in [0.4, 0.5) is 4.39 Å². The van der Waals surface area contributed by atoms with Gasteiger partial charge in [-0.1, -0.05) is 77.0 Å². The molecular formula is C32H40ClFN2O4. The van der Waals surface area contributed by atoms with Crippen LogP contribution in [0.3, 0.4) is 0 Å². The molecule has 0 aliphatic heterocycles. The number of nitrogens with zero attached hydrogens (tertiary/aromatic N) is 2. The van der Waals surface area contributed by atoms with Gasteiger partial charge >= 0.3 is 5.97 Å². The van der Waals surface area contributed by atoms with E-state index in [4.69, 9.17) is 21.3 Å². The first kappa shape index (κ1) is 31.3. The molecule has 0 saturated carbocycles. The first-order valence-electron chi connectivity index (χ1n) is 14.1. The lowest BCUT2D eigenvalue weighted by Gasteiger charge is -2.49. The van der Waals surface area contributed by atoms with Crippen LogP contribution in [0.2, 0.25) is 5.02 Å². The maximum atomic E-state index is 14.9. The Morgan fingerprint density at radius 1 is 1.00 bits per heavy atom. The van der Waals surface area contributed by atoms with Gasteiger partial charge in [0.25, 0.3) is 5.56 Å². The molecule has 1 N–H and O–H groups in total. The molecule has 0 bridgehead atoms. The van der Waals surface area contributed by atoms with Gasteiger partial charge < -0.3 is 9.84 Å². The first-order valence-corrected chi connectivity index (χ1v) is 14.5. The van der Waals surface area contributed by atoms with E-state index in [1.807, 2.05) is 25.1 Å². The number of hydrogen-bond acceptors (Lipinski definition) is 4. The van der Waals surface area contributed by atoms with Gasteiger partial charge in [0.2, 0.25) is 0 Å². The number of halogens is 2. The Labute approximate surface area is 241 Å².